The maximum atomic E-state index is 12.7. The summed E-state index contributed by atoms with van der Waals surface area (Å²) in [7, 11) is 1.31. The van der Waals surface area contributed by atoms with Gasteiger partial charge in [-0.1, -0.05) is 149 Å². The Morgan fingerprint density at radius 3 is 1.55 bits per heavy atom. The number of carbonyl (C=O) groups is 1. The topological polar surface area (TPSA) is 108 Å². The van der Waals surface area contributed by atoms with Gasteiger partial charge < -0.3 is 28.8 Å². The molecule has 0 rings (SSSR count). The van der Waals surface area contributed by atoms with Gasteiger partial charge in [0.25, 0.3) is 7.82 Å². The van der Waals surface area contributed by atoms with Crippen LogP contribution in [-0.2, 0) is 18.4 Å². The van der Waals surface area contributed by atoms with Crippen molar-refractivity contribution in [2.24, 2.45) is 0 Å². The Labute approximate surface area is 272 Å². The van der Waals surface area contributed by atoms with Crippen molar-refractivity contribution in [3.05, 3.63) is 0 Å². The van der Waals surface area contributed by atoms with Crippen molar-refractivity contribution in [1.82, 2.24) is 5.32 Å². The molecule has 0 aliphatic carbocycles. The number of likely N-dealkylation sites (N-methyl/N-ethyl adjacent to an activating group) is 1. The minimum absolute atomic E-state index is 0.0152. The van der Waals surface area contributed by atoms with Crippen molar-refractivity contribution >= 4 is 13.7 Å². The average molecular weight is 649 g/mol. The predicted octanol–water partition coefficient (Wildman–Crippen LogP) is 8.44. The number of aliphatic hydroxyl groups is 1. The summed E-state index contributed by atoms with van der Waals surface area (Å²) < 4.78 is 23.1. The minimum Gasteiger partial charge on any atom is -0.756 e. The summed E-state index contributed by atoms with van der Waals surface area (Å²) in [4.78, 5) is 25.0. The molecule has 0 aromatic carbocycles. The fourth-order valence-corrected chi connectivity index (χ4v) is 6.05. The Kier molecular flexibility index (Phi) is 28.4. The third-order valence-corrected chi connectivity index (χ3v) is 9.31. The number of hydrogen-bond acceptors (Lipinski definition) is 6. The van der Waals surface area contributed by atoms with Gasteiger partial charge in [-0.05, 0) is 12.8 Å². The highest BCUT2D eigenvalue weighted by atomic mass is 31.2. The zero-order valence-corrected chi connectivity index (χ0v) is 30.5. The van der Waals surface area contributed by atoms with E-state index in [-0.39, 0.29) is 19.1 Å². The summed E-state index contributed by atoms with van der Waals surface area (Å²) >= 11 is 0. The molecular weight excluding hydrogens is 575 g/mol. The summed E-state index contributed by atoms with van der Waals surface area (Å²) in [5.74, 6) is -0.170. The first-order chi connectivity index (χ1) is 21.0. The molecule has 2 N–H and O–H groups in total. The number of nitrogens with one attached hydrogen (secondary N) is 1. The number of unbranched alkanes of at least 4 members (excludes halogenated alkanes) is 20. The second kappa shape index (κ2) is 28.7. The molecule has 0 fully saturated rings. The van der Waals surface area contributed by atoms with Gasteiger partial charge in [0.2, 0.25) is 5.91 Å². The minimum atomic E-state index is -4.54. The van der Waals surface area contributed by atoms with Gasteiger partial charge in [-0.2, -0.15) is 0 Å². The summed E-state index contributed by atoms with van der Waals surface area (Å²) in [6, 6.07) is -0.789. The smallest absolute Gasteiger partial charge is 0.268 e. The maximum Gasteiger partial charge on any atom is 0.268 e. The van der Waals surface area contributed by atoms with E-state index in [9.17, 15) is 19.4 Å². The van der Waals surface area contributed by atoms with Crippen LogP contribution in [0.3, 0.4) is 0 Å². The van der Waals surface area contributed by atoms with Gasteiger partial charge in [-0.25, -0.2) is 0 Å². The zero-order valence-electron chi connectivity index (χ0n) is 29.6. The molecule has 0 saturated carbocycles. The van der Waals surface area contributed by atoms with Crippen LogP contribution < -0.4 is 10.2 Å². The van der Waals surface area contributed by atoms with Gasteiger partial charge in [0.15, 0.2) is 0 Å². The molecule has 0 aromatic rings. The molecule has 3 atom stereocenters. The van der Waals surface area contributed by atoms with Crippen LogP contribution >= 0.6 is 7.82 Å². The number of quaternary nitrogens is 1. The van der Waals surface area contributed by atoms with Crippen molar-refractivity contribution < 1.29 is 32.9 Å². The van der Waals surface area contributed by atoms with Gasteiger partial charge in [0, 0.05) is 6.42 Å². The number of phosphoric acid groups is 1. The highest BCUT2D eigenvalue weighted by Crippen LogP contribution is 2.38. The summed E-state index contributed by atoms with van der Waals surface area (Å²) in [6.45, 7) is 4.67. The summed E-state index contributed by atoms with van der Waals surface area (Å²) in [5.41, 5.74) is 0. The number of aliphatic hydroxyl groups excluding tert-OH is 1. The third kappa shape index (κ3) is 30.2. The lowest BCUT2D eigenvalue weighted by Gasteiger charge is -2.30. The van der Waals surface area contributed by atoms with Crippen LogP contribution in [0, 0.1) is 0 Å². The fourth-order valence-electron chi connectivity index (χ4n) is 5.33. The lowest BCUT2D eigenvalue weighted by molar-refractivity contribution is -0.870. The summed E-state index contributed by atoms with van der Waals surface area (Å²) in [5, 5.41) is 13.8. The molecule has 1 amide bonds. The van der Waals surface area contributed by atoms with Crippen LogP contribution in [-0.4, -0.2) is 68.5 Å². The maximum absolute atomic E-state index is 12.7. The van der Waals surface area contributed by atoms with Crippen molar-refractivity contribution in [1.29, 1.82) is 0 Å². The largest absolute Gasteiger partial charge is 0.756 e. The van der Waals surface area contributed by atoms with Gasteiger partial charge in [-0.15, -0.1) is 0 Å². The van der Waals surface area contributed by atoms with E-state index in [1.165, 1.54) is 103 Å². The number of nitrogens with zero attached hydrogens (tertiary/aromatic N) is 1. The molecule has 44 heavy (non-hydrogen) atoms. The lowest BCUT2D eigenvalue weighted by Crippen LogP contribution is -2.46. The van der Waals surface area contributed by atoms with E-state index in [1.807, 2.05) is 21.1 Å². The molecule has 0 aliphatic heterocycles. The molecular formula is C35H73N2O6P. The highest BCUT2D eigenvalue weighted by molar-refractivity contribution is 7.45. The van der Waals surface area contributed by atoms with Crippen molar-refractivity contribution in [3.63, 3.8) is 0 Å². The van der Waals surface area contributed by atoms with Gasteiger partial charge in [-0.3, -0.25) is 9.36 Å². The zero-order chi connectivity index (χ0) is 32.9. The first-order valence-electron chi connectivity index (χ1n) is 18.4. The average Bonchev–Trinajstić information content (AvgIpc) is 2.95. The van der Waals surface area contributed by atoms with E-state index in [1.54, 1.807) is 0 Å². The molecule has 8 nitrogen and oxygen atoms in total. The quantitative estimate of drug-likeness (QED) is 0.0420. The standard InChI is InChI=1S/C35H73N2O6P/c1-6-8-10-12-14-16-17-18-19-20-21-22-24-26-28-34(38)33(32-43-44(40,41)42-31-30-37(3,4)5)36-35(39)29-27-25-23-15-13-11-9-7-2/h33-34,38H,6-32H2,1-5H3,(H-,36,39,40,41). The molecule has 9 heteroatoms. The van der Waals surface area contributed by atoms with E-state index in [0.29, 0.717) is 23.9 Å². The van der Waals surface area contributed by atoms with Gasteiger partial charge in [0.1, 0.15) is 13.2 Å². The van der Waals surface area contributed by atoms with Crippen LogP contribution in [0.1, 0.15) is 168 Å². The van der Waals surface area contributed by atoms with Crippen LogP contribution in [0.5, 0.6) is 0 Å². The first kappa shape index (κ1) is 43.5. The lowest BCUT2D eigenvalue weighted by atomic mass is 10.0. The number of phosphoric ester groups is 1. The number of rotatable bonds is 33. The van der Waals surface area contributed by atoms with E-state index >= 15 is 0 Å². The second-order valence-electron chi connectivity index (χ2n) is 13.9. The SMILES string of the molecule is CCCCCCCCCCCCCCCCC(O)C(COP(=O)([O-])OCC[N+](C)(C)C)NC(=O)CCCCCCCCCC. The molecule has 0 spiro atoms. The molecule has 3 unspecified atom stereocenters. The molecule has 264 valence electrons. The van der Waals surface area contributed by atoms with Crippen LogP contribution in [0.2, 0.25) is 0 Å². The highest BCUT2D eigenvalue weighted by Gasteiger charge is 2.24. The van der Waals surface area contributed by atoms with Crippen molar-refractivity contribution in [2.45, 2.75) is 180 Å². The molecule has 0 saturated heterocycles. The third-order valence-electron chi connectivity index (χ3n) is 8.35. The predicted molar refractivity (Wildman–Crippen MR) is 183 cm³/mol. The van der Waals surface area contributed by atoms with Crippen LogP contribution in [0.25, 0.3) is 0 Å². The van der Waals surface area contributed by atoms with Gasteiger partial charge >= 0.3 is 0 Å². The number of amides is 1. The Morgan fingerprint density at radius 1 is 0.705 bits per heavy atom. The number of carbonyl (C=O) groups excluding carboxylic acids is 1. The van der Waals surface area contributed by atoms with Crippen LogP contribution in [0.15, 0.2) is 0 Å². The Hall–Kier alpha value is -0.500. The Morgan fingerprint density at radius 2 is 1.11 bits per heavy atom. The molecule has 0 heterocycles. The normalized spacial score (nSPS) is 14.8. The van der Waals surface area contributed by atoms with E-state index in [0.717, 1.165) is 38.5 Å². The van der Waals surface area contributed by atoms with Gasteiger partial charge in [0.05, 0.1) is 39.9 Å². The Balaban J connectivity index is 4.44. The molecule has 0 aromatic heterocycles. The van der Waals surface area contributed by atoms with E-state index in [4.69, 9.17) is 9.05 Å². The molecule has 0 bridgehead atoms. The second-order valence-corrected chi connectivity index (χ2v) is 15.4. The van der Waals surface area contributed by atoms with E-state index in [2.05, 4.69) is 19.2 Å². The Bertz CT molecular complexity index is 703. The summed E-state index contributed by atoms with van der Waals surface area (Å²) in [6.07, 6.45) is 26.8. The van der Waals surface area contributed by atoms with E-state index < -0.39 is 20.0 Å². The molecule has 0 aliphatic rings. The van der Waals surface area contributed by atoms with Crippen LogP contribution in [0.4, 0.5) is 0 Å². The first-order valence-corrected chi connectivity index (χ1v) is 19.8. The number of hydrogen-bond donors (Lipinski definition) is 2. The monoisotopic (exact) mass is 649 g/mol. The van der Waals surface area contributed by atoms with Crippen molar-refractivity contribution in [3.8, 4) is 0 Å². The molecule has 0 radical (unpaired) electrons. The van der Waals surface area contributed by atoms with Crippen molar-refractivity contribution in [2.75, 3.05) is 40.9 Å². The fraction of sp³-hybridized carbons (Fsp3) is 0.971.